The number of hydrogen-bond donors (Lipinski definition) is 3. The molecule has 4 N–H and O–H groups in total. The molecule has 0 heterocycles. The number of hydrogen-bond acceptors (Lipinski definition) is 3. The van der Waals surface area contributed by atoms with Crippen molar-refractivity contribution >= 4 is 29.1 Å². The summed E-state index contributed by atoms with van der Waals surface area (Å²) in [4.78, 5) is 12.2. The van der Waals surface area contributed by atoms with Crippen LogP contribution in [-0.2, 0) is 4.79 Å². The molecule has 1 fully saturated rings. The van der Waals surface area contributed by atoms with Gasteiger partial charge in [-0.1, -0.05) is 35.7 Å². The monoisotopic (exact) mass is 330 g/mol. The Labute approximate surface area is 134 Å². The first-order valence-corrected chi connectivity index (χ1v) is 7.90. The van der Waals surface area contributed by atoms with Crippen molar-refractivity contribution in [1.29, 1.82) is 0 Å². The summed E-state index contributed by atoms with van der Waals surface area (Å²) in [6.07, 6.45) is 1.95. The average Bonchev–Trinajstić information content (AvgIpc) is 2.93. The fraction of sp³-hybridized carbons (Fsp3) is 0.533. The molecule has 116 valence electrons. The summed E-state index contributed by atoms with van der Waals surface area (Å²) in [6.45, 7) is 0.618. The van der Waals surface area contributed by atoms with E-state index in [-0.39, 0.29) is 24.3 Å². The number of halogens is 2. The molecule has 1 aromatic carbocycles. The third kappa shape index (κ3) is 3.89. The van der Waals surface area contributed by atoms with Gasteiger partial charge in [0.1, 0.15) is 0 Å². The molecular formula is C15H20Cl2N2O2. The molecule has 0 aliphatic heterocycles. The number of carbonyl (C=O) groups excluding carboxylic acids is 1. The molecule has 6 heteroatoms. The van der Waals surface area contributed by atoms with Crippen LogP contribution in [0.3, 0.4) is 0 Å². The predicted molar refractivity (Wildman–Crippen MR) is 84.3 cm³/mol. The number of aliphatic hydroxyl groups excluding tert-OH is 1. The molecule has 3 atom stereocenters. The maximum atomic E-state index is 12.2. The first kappa shape index (κ1) is 16.6. The van der Waals surface area contributed by atoms with Crippen LogP contribution in [-0.4, -0.2) is 24.1 Å². The van der Waals surface area contributed by atoms with Gasteiger partial charge in [0.05, 0.1) is 6.10 Å². The summed E-state index contributed by atoms with van der Waals surface area (Å²) in [6, 6.07) is 5.04. The number of nitrogens with one attached hydrogen (secondary N) is 1. The molecule has 1 aliphatic rings. The number of nitrogens with two attached hydrogens (primary N) is 1. The number of carbonyl (C=O) groups is 1. The van der Waals surface area contributed by atoms with Gasteiger partial charge in [-0.25, -0.2) is 0 Å². The van der Waals surface area contributed by atoms with Crippen molar-refractivity contribution in [2.24, 2.45) is 17.6 Å². The highest BCUT2D eigenvalue weighted by Crippen LogP contribution is 2.32. The number of rotatable bonds is 5. The maximum Gasteiger partial charge on any atom is 0.223 e. The van der Waals surface area contributed by atoms with E-state index in [2.05, 4.69) is 5.32 Å². The Bertz CT molecular complexity index is 490. The topological polar surface area (TPSA) is 75.4 Å². The van der Waals surface area contributed by atoms with Gasteiger partial charge in [-0.05, 0) is 37.4 Å². The highest BCUT2D eigenvalue weighted by molar-refractivity contribution is 6.36. The molecule has 1 unspecified atom stereocenters. The Morgan fingerprint density at radius 3 is 2.67 bits per heavy atom. The van der Waals surface area contributed by atoms with Crippen molar-refractivity contribution in [1.82, 2.24) is 5.32 Å². The van der Waals surface area contributed by atoms with Crippen molar-refractivity contribution in [3.05, 3.63) is 33.8 Å². The fourth-order valence-corrected chi connectivity index (χ4v) is 3.57. The minimum Gasteiger partial charge on any atom is -0.386 e. The van der Waals surface area contributed by atoms with E-state index < -0.39 is 6.10 Å². The zero-order valence-electron chi connectivity index (χ0n) is 11.7. The predicted octanol–water partition coefficient (Wildman–Crippen LogP) is 2.52. The van der Waals surface area contributed by atoms with Crippen LogP contribution in [0.5, 0.6) is 0 Å². The fourth-order valence-electron chi connectivity index (χ4n) is 2.92. The van der Waals surface area contributed by atoms with Gasteiger partial charge in [0.2, 0.25) is 5.91 Å². The second kappa shape index (κ2) is 7.45. The maximum absolute atomic E-state index is 12.2. The normalized spacial score (nSPS) is 23.0. The summed E-state index contributed by atoms with van der Waals surface area (Å²) >= 11 is 12.1. The van der Waals surface area contributed by atoms with Crippen molar-refractivity contribution in [3.8, 4) is 0 Å². The smallest absolute Gasteiger partial charge is 0.223 e. The van der Waals surface area contributed by atoms with Crippen LogP contribution < -0.4 is 11.1 Å². The Hall–Kier alpha value is -0.810. The lowest BCUT2D eigenvalue weighted by atomic mass is 9.95. The molecule has 0 saturated heterocycles. The van der Waals surface area contributed by atoms with Gasteiger partial charge >= 0.3 is 0 Å². The molecule has 0 bridgehead atoms. The summed E-state index contributed by atoms with van der Waals surface area (Å²) in [5.41, 5.74) is 6.13. The molecule has 1 saturated carbocycles. The van der Waals surface area contributed by atoms with Gasteiger partial charge in [-0.3, -0.25) is 4.79 Å². The standard InChI is InChI=1S/C15H20Cl2N2O2/c16-11-5-2-6-12(17)14(11)13(20)8-19-15(21)10-4-1-3-9(10)7-18/h2,5-6,9-10,13,20H,1,3-4,7-8,18H2,(H,19,21)/t9-,10-,13?/m1/s1. The van der Waals surface area contributed by atoms with Crippen LogP contribution in [0, 0.1) is 11.8 Å². The van der Waals surface area contributed by atoms with Crippen LogP contribution in [0.15, 0.2) is 18.2 Å². The molecule has 0 spiro atoms. The first-order valence-electron chi connectivity index (χ1n) is 7.14. The van der Waals surface area contributed by atoms with E-state index in [9.17, 15) is 9.90 Å². The Morgan fingerprint density at radius 1 is 1.38 bits per heavy atom. The second-order valence-electron chi connectivity index (χ2n) is 5.43. The summed E-state index contributed by atoms with van der Waals surface area (Å²) in [5, 5.41) is 13.8. The van der Waals surface area contributed by atoms with Crippen molar-refractivity contribution in [2.45, 2.75) is 25.4 Å². The van der Waals surface area contributed by atoms with E-state index in [1.54, 1.807) is 18.2 Å². The quantitative estimate of drug-likeness (QED) is 0.776. The molecular weight excluding hydrogens is 311 g/mol. The second-order valence-corrected chi connectivity index (χ2v) is 6.24. The zero-order valence-corrected chi connectivity index (χ0v) is 13.2. The molecule has 0 aromatic heterocycles. The molecule has 1 amide bonds. The molecule has 0 radical (unpaired) electrons. The van der Waals surface area contributed by atoms with E-state index >= 15 is 0 Å². The lowest BCUT2D eigenvalue weighted by Gasteiger charge is -2.20. The summed E-state index contributed by atoms with van der Waals surface area (Å²) < 4.78 is 0. The van der Waals surface area contributed by atoms with Crippen molar-refractivity contribution in [3.63, 3.8) is 0 Å². The Balaban J connectivity index is 1.95. The van der Waals surface area contributed by atoms with Gasteiger partial charge < -0.3 is 16.2 Å². The van der Waals surface area contributed by atoms with Gasteiger partial charge in [-0.15, -0.1) is 0 Å². The molecule has 2 rings (SSSR count). The van der Waals surface area contributed by atoms with Gasteiger partial charge in [0.25, 0.3) is 0 Å². The van der Waals surface area contributed by atoms with Crippen LogP contribution >= 0.6 is 23.2 Å². The molecule has 4 nitrogen and oxygen atoms in total. The van der Waals surface area contributed by atoms with Crippen LogP contribution in [0.4, 0.5) is 0 Å². The third-order valence-electron chi connectivity index (χ3n) is 4.10. The lowest BCUT2D eigenvalue weighted by molar-refractivity contribution is -0.126. The van der Waals surface area contributed by atoms with E-state index in [4.69, 9.17) is 28.9 Å². The number of amides is 1. The zero-order chi connectivity index (χ0) is 15.4. The van der Waals surface area contributed by atoms with Crippen molar-refractivity contribution < 1.29 is 9.90 Å². The SMILES string of the molecule is NC[C@H]1CCC[C@H]1C(=O)NCC(O)c1c(Cl)cccc1Cl. The van der Waals surface area contributed by atoms with E-state index in [1.165, 1.54) is 0 Å². The molecule has 1 aromatic rings. The van der Waals surface area contributed by atoms with Crippen LogP contribution in [0.25, 0.3) is 0 Å². The van der Waals surface area contributed by atoms with E-state index in [1.807, 2.05) is 0 Å². The van der Waals surface area contributed by atoms with Crippen LogP contribution in [0.1, 0.15) is 30.9 Å². The Kier molecular flexibility index (Phi) is 5.88. The summed E-state index contributed by atoms with van der Waals surface area (Å²) in [7, 11) is 0. The first-order chi connectivity index (χ1) is 10.0. The minimum absolute atomic E-state index is 0.0508. The minimum atomic E-state index is -0.923. The van der Waals surface area contributed by atoms with Crippen molar-refractivity contribution in [2.75, 3.05) is 13.1 Å². The van der Waals surface area contributed by atoms with Crippen LogP contribution in [0.2, 0.25) is 10.0 Å². The van der Waals surface area contributed by atoms with Gasteiger partial charge in [0.15, 0.2) is 0 Å². The van der Waals surface area contributed by atoms with E-state index in [0.717, 1.165) is 19.3 Å². The highest BCUT2D eigenvalue weighted by Gasteiger charge is 2.32. The van der Waals surface area contributed by atoms with Gasteiger partial charge in [0, 0.05) is 28.1 Å². The molecule has 21 heavy (non-hydrogen) atoms. The summed E-state index contributed by atoms with van der Waals surface area (Å²) in [5.74, 6) is 0.139. The molecule has 1 aliphatic carbocycles. The average molecular weight is 331 g/mol. The third-order valence-corrected chi connectivity index (χ3v) is 4.76. The number of aliphatic hydroxyl groups is 1. The highest BCUT2D eigenvalue weighted by atomic mass is 35.5. The van der Waals surface area contributed by atoms with Gasteiger partial charge in [-0.2, -0.15) is 0 Å². The Morgan fingerprint density at radius 2 is 2.05 bits per heavy atom. The number of benzene rings is 1. The lowest BCUT2D eigenvalue weighted by Crippen LogP contribution is -2.37. The van der Waals surface area contributed by atoms with E-state index in [0.29, 0.717) is 22.2 Å². The largest absolute Gasteiger partial charge is 0.386 e.